The van der Waals surface area contributed by atoms with Gasteiger partial charge in [-0.25, -0.2) is 0 Å². The average Bonchev–Trinajstić information content (AvgIpc) is 2.67. The van der Waals surface area contributed by atoms with Gasteiger partial charge in [-0.15, -0.1) is 11.3 Å². The van der Waals surface area contributed by atoms with Gasteiger partial charge in [-0.3, -0.25) is 0 Å². The van der Waals surface area contributed by atoms with Gasteiger partial charge in [0.25, 0.3) is 0 Å². The minimum Gasteiger partial charge on any atom is -0.321 e. The highest BCUT2D eigenvalue weighted by atomic mass is 32.1. The van der Waals surface area contributed by atoms with E-state index in [4.69, 9.17) is 5.73 Å². The van der Waals surface area contributed by atoms with Crippen LogP contribution in [0.5, 0.6) is 0 Å². The highest BCUT2D eigenvalue weighted by molar-refractivity contribution is 7.12. The molecule has 0 radical (unpaired) electrons. The molecule has 1 saturated carbocycles. The summed E-state index contributed by atoms with van der Waals surface area (Å²) in [5.74, 6) is 0.919. The van der Waals surface area contributed by atoms with Crippen LogP contribution in [0.2, 0.25) is 0 Å². The van der Waals surface area contributed by atoms with Crippen molar-refractivity contribution in [1.82, 2.24) is 0 Å². The van der Waals surface area contributed by atoms with Gasteiger partial charge in [0.1, 0.15) is 0 Å². The predicted molar refractivity (Wildman–Crippen MR) is 67.2 cm³/mol. The van der Waals surface area contributed by atoms with E-state index in [9.17, 15) is 0 Å². The fourth-order valence-corrected chi connectivity index (χ4v) is 3.58. The van der Waals surface area contributed by atoms with Gasteiger partial charge in [0, 0.05) is 9.75 Å². The molecule has 0 atom stereocenters. The third-order valence-corrected chi connectivity index (χ3v) is 5.03. The van der Waals surface area contributed by atoms with Gasteiger partial charge in [-0.1, -0.05) is 13.3 Å². The van der Waals surface area contributed by atoms with Crippen LogP contribution in [-0.2, 0) is 5.54 Å². The lowest BCUT2D eigenvalue weighted by Crippen LogP contribution is -2.39. The summed E-state index contributed by atoms with van der Waals surface area (Å²) in [6.07, 6.45) is 6.28. The van der Waals surface area contributed by atoms with E-state index >= 15 is 0 Å². The molecule has 1 aliphatic rings. The molecule has 2 heteroatoms. The Morgan fingerprint density at radius 1 is 1.40 bits per heavy atom. The molecule has 2 N–H and O–H groups in total. The van der Waals surface area contributed by atoms with E-state index in [2.05, 4.69) is 26.0 Å². The summed E-state index contributed by atoms with van der Waals surface area (Å²) >= 11 is 1.88. The number of aryl methyl sites for hydroxylation is 1. The molecule has 0 bridgehead atoms. The molecule has 0 aromatic carbocycles. The SMILES string of the molecule is CCC1CCC(N)(c2ccc(C)s2)CC1. The molecule has 2 rings (SSSR count). The molecular formula is C13H21NS. The Labute approximate surface area is 96.7 Å². The largest absolute Gasteiger partial charge is 0.321 e. The maximum atomic E-state index is 6.52. The van der Waals surface area contributed by atoms with Crippen LogP contribution in [0.25, 0.3) is 0 Å². The van der Waals surface area contributed by atoms with Crippen LogP contribution >= 0.6 is 11.3 Å². The first-order valence-electron chi connectivity index (χ1n) is 6.00. The molecule has 1 aromatic heterocycles. The third kappa shape index (κ3) is 2.26. The second-order valence-electron chi connectivity index (χ2n) is 4.92. The third-order valence-electron chi connectivity index (χ3n) is 3.81. The van der Waals surface area contributed by atoms with Crippen molar-refractivity contribution in [2.75, 3.05) is 0 Å². The second kappa shape index (κ2) is 4.26. The van der Waals surface area contributed by atoms with E-state index in [-0.39, 0.29) is 5.54 Å². The molecule has 0 saturated heterocycles. The molecule has 1 aliphatic carbocycles. The molecule has 0 spiro atoms. The summed E-state index contributed by atoms with van der Waals surface area (Å²) in [4.78, 5) is 2.78. The molecule has 0 amide bonds. The van der Waals surface area contributed by atoms with Crippen LogP contribution in [0.15, 0.2) is 12.1 Å². The lowest BCUT2D eigenvalue weighted by molar-refractivity contribution is 0.235. The first-order chi connectivity index (χ1) is 7.14. The second-order valence-corrected chi connectivity index (χ2v) is 6.21. The Bertz CT molecular complexity index is 321. The molecule has 1 heterocycles. The van der Waals surface area contributed by atoms with E-state index in [1.54, 1.807) is 0 Å². The van der Waals surface area contributed by atoms with Gasteiger partial charge >= 0.3 is 0 Å². The van der Waals surface area contributed by atoms with E-state index in [0.717, 1.165) is 5.92 Å². The highest BCUT2D eigenvalue weighted by Gasteiger charge is 2.33. The van der Waals surface area contributed by atoms with Gasteiger partial charge in [-0.2, -0.15) is 0 Å². The van der Waals surface area contributed by atoms with E-state index in [0.29, 0.717) is 0 Å². The Morgan fingerprint density at radius 2 is 2.07 bits per heavy atom. The normalized spacial score (nSPS) is 31.8. The first-order valence-corrected chi connectivity index (χ1v) is 6.81. The van der Waals surface area contributed by atoms with Crippen LogP contribution < -0.4 is 5.73 Å². The van der Waals surface area contributed by atoms with Crippen LogP contribution in [-0.4, -0.2) is 0 Å². The summed E-state index contributed by atoms with van der Waals surface area (Å²) in [7, 11) is 0. The summed E-state index contributed by atoms with van der Waals surface area (Å²) in [5, 5.41) is 0. The van der Waals surface area contributed by atoms with Crippen LogP contribution in [0.3, 0.4) is 0 Å². The quantitative estimate of drug-likeness (QED) is 0.810. The Morgan fingerprint density at radius 3 is 2.53 bits per heavy atom. The smallest absolute Gasteiger partial charge is 0.0504 e. The molecule has 0 unspecified atom stereocenters. The monoisotopic (exact) mass is 223 g/mol. The Hall–Kier alpha value is -0.340. The summed E-state index contributed by atoms with van der Waals surface area (Å²) in [5.41, 5.74) is 6.51. The van der Waals surface area contributed by atoms with Crippen molar-refractivity contribution in [2.24, 2.45) is 11.7 Å². The molecule has 1 fully saturated rings. The zero-order valence-electron chi connectivity index (χ0n) is 9.75. The summed E-state index contributed by atoms with van der Waals surface area (Å²) in [6.45, 7) is 4.46. The molecule has 15 heavy (non-hydrogen) atoms. The standard InChI is InChI=1S/C13H21NS/c1-3-11-6-8-13(14,9-7-11)12-5-4-10(2)15-12/h4-5,11H,3,6-9,14H2,1-2H3. The fourth-order valence-electron chi connectivity index (χ4n) is 2.55. The number of nitrogens with two attached hydrogens (primary N) is 1. The lowest BCUT2D eigenvalue weighted by atomic mass is 9.75. The number of hydrogen-bond donors (Lipinski definition) is 1. The predicted octanol–water partition coefficient (Wildman–Crippen LogP) is 3.81. The first kappa shape index (κ1) is 11.2. The van der Waals surface area contributed by atoms with Crippen molar-refractivity contribution in [3.05, 3.63) is 21.9 Å². The Kier molecular flexibility index (Phi) is 3.17. The zero-order chi connectivity index (χ0) is 10.9. The molecular weight excluding hydrogens is 202 g/mol. The van der Waals surface area contributed by atoms with Crippen molar-refractivity contribution in [1.29, 1.82) is 0 Å². The van der Waals surface area contributed by atoms with Gasteiger partial charge < -0.3 is 5.73 Å². The van der Waals surface area contributed by atoms with Crippen LogP contribution in [0, 0.1) is 12.8 Å². The maximum absolute atomic E-state index is 6.52. The molecule has 84 valence electrons. The zero-order valence-corrected chi connectivity index (χ0v) is 10.6. The van der Waals surface area contributed by atoms with Crippen molar-refractivity contribution in [2.45, 2.75) is 51.5 Å². The van der Waals surface area contributed by atoms with Crippen molar-refractivity contribution in [3.8, 4) is 0 Å². The van der Waals surface area contributed by atoms with Gasteiger partial charge in [-0.05, 0) is 50.7 Å². The minimum absolute atomic E-state index is 0.00933. The lowest BCUT2D eigenvalue weighted by Gasteiger charge is -2.36. The Balaban J connectivity index is 2.09. The van der Waals surface area contributed by atoms with Crippen LogP contribution in [0.4, 0.5) is 0 Å². The number of thiophene rings is 1. The van der Waals surface area contributed by atoms with Crippen molar-refractivity contribution < 1.29 is 0 Å². The van der Waals surface area contributed by atoms with E-state index in [1.165, 1.54) is 41.9 Å². The fraction of sp³-hybridized carbons (Fsp3) is 0.692. The maximum Gasteiger partial charge on any atom is 0.0504 e. The van der Waals surface area contributed by atoms with E-state index < -0.39 is 0 Å². The highest BCUT2D eigenvalue weighted by Crippen LogP contribution is 2.40. The number of rotatable bonds is 2. The van der Waals surface area contributed by atoms with Gasteiger partial charge in [0.2, 0.25) is 0 Å². The number of hydrogen-bond acceptors (Lipinski definition) is 2. The van der Waals surface area contributed by atoms with Crippen molar-refractivity contribution in [3.63, 3.8) is 0 Å². The summed E-state index contributed by atoms with van der Waals surface area (Å²) in [6, 6.07) is 4.42. The molecule has 1 aromatic rings. The summed E-state index contributed by atoms with van der Waals surface area (Å²) < 4.78 is 0. The van der Waals surface area contributed by atoms with Crippen molar-refractivity contribution >= 4 is 11.3 Å². The average molecular weight is 223 g/mol. The molecule has 1 nitrogen and oxygen atoms in total. The topological polar surface area (TPSA) is 26.0 Å². The van der Waals surface area contributed by atoms with Gasteiger partial charge in [0.15, 0.2) is 0 Å². The minimum atomic E-state index is -0.00933. The molecule has 0 aliphatic heterocycles. The van der Waals surface area contributed by atoms with E-state index in [1.807, 2.05) is 11.3 Å². The van der Waals surface area contributed by atoms with Gasteiger partial charge in [0.05, 0.1) is 5.54 Å². The van der Waals surface area contributed by atoms with Crippen LogP contribution in [0.1, 0.15) is 48.8 Å².